The van der Waals surface area contributed by atoms with Crippen LogP contribution in [-0.4, -0.2) is 63.4 Å². The van der Waals surface area contributed by atoms with Crippen molar-refractivity contribution in [3.8, 4) is 6.07 Å². The highest BCUT2D eigenvalue weighted by molar-refractivity contribution is 8.05. The van der Waals surface area contributed by atoms with Crippen LogP contribution in [0.1, 0.15) is 6.92 Å². The SMILES string of the molecule is CO[C@@]1(SCC#N)C(=O)N2C(C(=O)O)=C(COC(C)=O)CS[C@H]21. The molecule has 2 aliphatic heterocycles. The molecule has 0 bridgehead atoms. The molecule has 0 unspecified atom stereocenters. The number of nitrogens with zero attached hydrogens (tertiary/aromatic N) is 2. The van der Waals surface area contributed by atoms with Gasteiger partial charge in [0.05, 0.1) is 11.8 Å². The van der Waals surface area contributed by atoms with Gasteiger partial charge in [-0.3, -0.25) is 14.5 Å². The van der Waals surface area contributed by atoms with E-state index in [1.54, 1.807) is 0 Å². The molecular formula is C13H14N2O6S2. The first-order valence-corrected chi connectivity index (χ1v) is 8.52. The van der Waals surface area contributed by atoms with Crippen LogP contribution in [0, 0.1) is 11.3 Å². The van der Waals surface area contributed by atoms with Crippen LogP contribution in [0.2, 0.25) is 0 Å². The molecule has 1 N–H and O–H groups in total. The molecule has 8 nitrogen and oxygen atoms in total. The number of carbonyl (C=O) groups excluding carboxylic acids is 2. The molecule has 1 saturated heterocycles. The van der Waals surface area contributed by atoms with Crippen LogP contribution in [0.25, 0.3) is 0 Å². The molecule has 1 amide bonds. The third-order valence-electron chi connectivity index (χ3n) is 3.37. The number of carboxylic acid groups (broad SMARTS) is 1. The van der Waals surface area contributed by atoms with Gasteiger partial charge in [-0.05, 0) is 0 Å². The van der Waals surface area contributed by atoms with Crippen LogP contribution < -0.4 is 0 Å². The van der Waals surface area contributed by atoms with Crippen molar-refractivity contribution >= 4 is 41.4 Å². The van der Waals surface area contributed by atoms with E-state index in [2.05, 4.69) is 0 Å². The molecule has 0 saturated carbocycles. The summed E-state index contributed by atoms with van der Waals surface area (Å²) in [5, 5.41) is 17.6. The van der Waals surface area contributed by atoms with Gasteiger partial charge in [0.15, 0.2) is 0 Å². The predicted molar refractivity (Wildman–Crippen MR) is 82.2 cm³/mol. The Kier molecular flexibility index (Phi) is 5.23. The maximum atomic E-state index is 12.5. The van der Waals surface area contributed by atoms with E-state index in [-0.39, 0.29) is 18.1 Å². The van der Waals surface area contributed by atoms with E-state index in [1.165, 1.54) is 25.8 Å². The van der Waals surface area contributed by atoms with Crippen LogP contribution in [-0.2, 0) is 23.9 Å². The number of fused-ring (bicyclic) bond motifs is 1. The predicted octanol–water partition coefficient (Wildman–Crippen LogP) is 0.403. The minimum absolute atomic E-state index is 0.0525. The highest BCUT2D eigenvalue weighted by Crippen LogP contribution is 2.52. The summed E-state index contributed by atoms with van der Waals surface area (Å²) in [6.07, 6.45) is 0. The van der Waals surface area contributed by atoms with Crippen LogP contribution in [0.5, 0.6) is 0 Å². The minimum atomic E-state index is -1.26. The number of hydrogen-bond acceptors (Lipinski definition) is 8. The van der Waals surface area contributed by atoms with Gasteiger partial charge in [-0.1, -0.05) is 11.8 Å². The number of carbonyl (C=O) groups is 3. The minimum Gasteiger partial charge on any atom is -0.477 e. The zero-order chi connectivity index (χ0) is 17.2. The molecule has 124 valence electrons. The number of ether oxygens (including phenoxy) is 2. The Morgan fingerprint density at radius 2 is 2.30 bits per heavy atom. The third kappa shape index (κ3) is 2.91. The second kappa shape index (κ2) is 6.82. The first-order valence-electron chi connectivity index (χ1n) is 6.49. The van der Waals surface area contributed by atoms with Crippen molar-refractivity contribution in [1.29, 1.82) is 5.26 Å². The summed E-state index contributed by atoms with van der Waals surface area (Å²) in [5.41, 5.74) is 0.183. The van der Waals surface area contributed by atoms with Crippen molar-refractivity contribution in [2.45, 2.75) is 17.2 Å². The lowest BCUT2D eigenvalue weighted by Crippen LogP contribution is -2.73. The van der Waals surface area contributed by atoms with Gasteiger partial charge in [-0.15, -0.1) is 11.8 Å². The normalized spacial score (nSPS) is 26.2. The Balaban J connectivity index is 2.31. The second-order valence-corrected chi connectivity index (χ2v) is 6.95. The number of rotatable bonds is 6. The molecule has 2 heterocycles. The Bertz CT molecular complexity index is 628. The molecule has 0 aromatic heterocycles. The van der Waals surface area contributed by atoms with E-state index in [4.69, 9.17) is 14.7 Å². The molecule has 10 heteroatoms. The van der Waals surface area contributed by atoms with Gasteiger partial charge < -0.3 is 14.6 Å². The molecular weight excluding hydrogens is 344 g/mol. The number of β-lactam (4-membered cyclic amide) rings is 1. The van der Waals surface area contributed by atoms with Crippen molar-refractivity contribution in [3.63, 3.8) is 0 Å². The van der Waals surface area contributed by atoms with Gasteiger partial charge in [-0.25, -0.2) is 4.79 Å². The third-order valence-corrected chi connectivity index (χ3v) is 6.16. The number of hydrogen-bond donors (Lipinski definition) is 1. The second-order valence-electron chi connectivity index (χ2n) is 4.69. The van der Waals surface area contributed by atoms with Gasteiger partial charge in [-0.2, -0.15) is 5.26 Å². The summed E-state index contributed by atoms with van der Waals surface area (Å²) in [4.78, 5) is 34.9. The summed E-state index contributed by atoms with van der Waals surface area (Å²) in [6, 6.07) is 1.93. The summed E-state index contributed by atoms with van der Waals surface area (Å²) in [5.74, 6) is -1.96. The summed E-state index contributed by atoms with van der Waals surface area (Å²) >= 11 is 2.36. The van der Waals surface area contributed by atoms with E-state index in [0.717, 1.165) is 16.7 Å². The van der Waals surface area contributed by atoms with Gasteiger partial charge in [0, 0.05) is 25.4 Å². The van der Waals surface area contributed by atoms with Crippen LogP contribution >= 0.6 is 23.5 Å². The van der Waals surface area contributed by atoms with Crippen LogP contribution in [0.15, 0.2) is 11.3 Å². The molecule has 0 aliphatic carbocycles. The fraction of sp³-hybridized carbons (Fsp3) is 0.538. The standard InChI is InChI=1S/C13H14N2O6S2/c1-7(16)21-5-8-6-22-12-13(20-2,23-4-3-14)11(19)15(12)9(8)10(17)18/h12H,4-6H2,1-2H3,(H,17,18)/t12-,13+/m0/s1. The monoisotopic (exact) mass is 358 g/mol. The Labute approximate surface area is 140 Å². The molecule has 0 spiro atoms. The molecule has 0 radical (unpaired) electrons. The van der Waals surface area contributed by atoms with Crippen molar-refractivity contribution in [2.75, 3.05) is 25.2 Å². The molecule has 2 rings (SSSR count). The van der Waals surface area contributed by atoms with E-state index in [9.17, 15) is 19.5 Å². The Morgan fingerprint density at radius 1 is 1.61 bits per heavy atom. The quantitative estimate of drug-likeness (QED) is 0.409. The lowest BCUT2D eigenvalue weighted by Gasteiger charge is -2.55. The van der Waals surface area contributed by atoms with E-state index in [0.29, 0.717) is 11.3 Å². The van der Waals surface area contributed by atoms with Crippen molar-refractivity contribution in [3.05, 3.63) is 11.3 Å². The first-order chi connectivity index (χ1) is 10.9. The number of carboxylic acids is 1. The largest absolute Gasteiger partial charge is 0.477 e. The lowest BCUT2D eigenvalue weighted by molar-refractivity contribution is -0.167. The topological polar surface area (TPSA) is 117 Å². The Morgan fingerprint density at radius 3 is 2.83 bits per heavy atom. The highest BCUT2D eigenvalue weighted by atomic mass is 32.2. The van der Waals surface area contributed by atoms with Crippen LogP contribution in [0.3, 0.4) is 0 Å². The smallest absolute Gasteiger partial charge is 0.352 e. The number of methoxy groups -OCH3 is 1. The average molecular weight is 358 g/mol. The molecule has 2 atom stereocenters. The fourth-order valence-electron chi connectivity index (χ4n) is 2.38. The summed E-state index contributed by atoms with van der Waals surface area (Å²) in [7, 11) is 1.36. The van der Waals surface area contributed by atoms with Crippen molar-refractivity contribution in [2.24, 2.45) is 0 Å². The van der Waals surface area contributed by atoms with Crippen molar-refractivity contribution in [1.82, 2.24) is 4.90 Å². The first kappa shape index (κ1) is 17.7. The molecule has 23 heavy (non-hydrogen) atoms. The number of nitriles is 1. The van der Waals surface area contributed by atoms with E-state index >= 15 is 0 Å². The van der Waals surface area contributed by atoms with Crippen molar-refractivity contribution < 1.29 is 29.0 Å². The zero-order valence-electron chi connectivity index (χ0n) is 12.4. The highest BCUT2D eigenvalue weighted by Gasteiger charge is 2.66. The van der Waals surface area contributed by atoms with Gasteiger partial charge in [0.2, 0.25) is 4.93 Å². The fourth-order valence-corrected chi connectivity index (χ4v) is 5.00. The molecule has 0 aromatic rings. The van der Waals surface area contributed by atoms with Crippen LogP contribution in [0.4, 0.5) is 0 Å². The Hall–Kier alpha value is -1.70. The lowest BCUT2D eigenvalue weighted by atomic mass is 10.0. The average Bonchev–Trinajstić information content (AvgIpc) is 2.52. The van der Waals surface area contributed by atoms with Gasteiger partial charge in [0.25, 0.3) is 5.91 Å². The summed E-state index contributed by atoms with van der Waals surface area (Å²) < 4.78 is 10.2. The van der Waals surface area contributed by atoms with Gasteiger partial charge >= 0.3 is 11.9 Å². The molecule has 2 aliphatic rings. The van der Waals surface area contributed by atoms with E-state index < -0.39 is 28.2 Å². The number of aliphatic carboxylic acids is 1. The number of amides is 1. The number of thioether (sulfide) groups is 2. The summed E-state index contributed by atoms with van der Waals surface area (Å²) in [6.45, 7) is 1.05. The maximum Gasteiger partial charge on any atom is 0.352 e. The number of esters is 1. The molecule has 0 aromatic carbocycles. The van der Waals surface area contributed by atoms with E-state index in [1.807, 2.05) is 6.07 Å². The molecule has 1 fully saturated rings. The zero-order valence-corrected chi connectivity index (χ0v) is 14.0. The maximum absolute atomic E-state index is 12.5. The van der Waals surface area contributed by atoms with Gasteiger partial charge in [0.1, 0.15) is 17.7 Å².